The maximum atomic E-state index is 8.88. The van der Waals surface area contributed by atoms with E-state index in [2.05, 4.69) is 0 Å². The molecule has 0 radical (unpaired) electrons. The van der Waals surface area contributed by atoms with Gasteiger partial charge in [-0.05, 0) is 0 Å². The van der Waals surface area contributed by atoms with Gasteiger partial charge in [0.25, 0.3) is 0 Å². The molecule has 0 rings (SSSR count). The van der Waals surface area contributed by atoms with Crippen molar-refractivity contribution in [2.45, 2.75) is 0 Å². The van der Waals surface area contributed by atoms with E-state index in [1.54, 1.807) is 0 Å². The molecule has 6 heavy (non-hydrogen) atoms. The molecule has 3 N–H and O–H groups in total. The van der Waals surface area contributed by atoms with E-state index in [1.165, 1.54) is 0 Å². The Kier molecular flexibility index (Phi) is 6.61. The Hall–Kier alpha value is 1.75. The summed E-state index contributed by atoms with van der Waals surface area (Å²) in [6.45, 7) is 0. The Bertz CT molecular complexity index is 60.2. The zero-order chi connectivity index (χ0) is 4.50. The average Bonchev–Trinajstić information content (AvgIpc) is 0.722. The molecule has 0 heterocycles. The normalized spacial score (nSPS) is 9.83. The van der Waals surface area contributed by atoms with Crippen LogP contribution in [-0.2, 0) is 4.57 Å². The van der Waals surface area contributed by atoms with Crippen LogP contribution in [0, 0.1) is 0 Å². The predicted molar refractivity (Wildman–Crippen MR) is 25.6 cm³/mol. The first-order valence-electron chi connectivity index (χ1n) is 0.783. The maximum absolute atomic E-state index is 8.88. The summed E-state index contributed by atoms with van der Waals surface area (Å²) in [5, 5.41) is 0. The monoisotopic (exact) mass is 142 g/mol. The standard InChI is InChI=1S/K.H3O4P.2H2.H/c;1-5(2,3)4;;;/h;(H3,1,2,3,4);2*1H;. The summed E-state index contributed by atoms with van der Waals surface area (Å²) < 4.78 is 8.88. The molecule has 0 aliphatic carbocycles. The Balaban J connectivity index is -0.0000000267. The third-order valence-corrected chi connectivity index (χ3v) is 0. The number of rotatable bonds is 0. The van der Waals surface area contributed by atoms with Crippen LogP contribution in [-0.4, -0.2) is 66.1 Å². The van der Waals surface area contributed by atoms with E-state index in [1.807, 2.05) is 0 Å². The van der Waals surface area contributed by atoms with Crippen LogP contribution >= 0.6 is 7.82 Å². The van der Waals surface area contributed by atoms with Crippen LogP contribution in [0.3, 0.4) is 0 Å². The first-order valence-corrected chi connectivity index (χ1v) is 2.35. The molecule has 0 aromatic carbocycles. The van der Waals surface area contributed by atoms with Crippen LogP contribution in [0.4, 0.5) is 0 Å². The quantitative estimate of drug-likeness (QED) is 0.297. The van der Waals surface area contributed by atoms with Crippen molar-refractivity contribution in [2.24, 2.45) is 0 Å². The SMILES string of the molecule is O=P(O)(O)O.[HH].[HH].[KH]. The Morgan fingerprint density at radius 3 is 1.33 bits per heavy atom. The van der Waals surface area contributed by atoms with Crippen molar-refractivity contribution in [2.75, 3.05) is 0 Å². The predicted octanol–water partition coefficient (Wildman–Crippen LogP) is -1.09. The van der Waals surface area contributed by atoms with Gasteiger partial charge in [0.15, 0.2) is 0 Å². The molecule has 0 saturated carbocycles. The Morgan fingerprint density at radius 1 is 1.33 bits per heavy atom. The van der Waals surface area contributed by atoms with Crippen LogP contribution in [0.2, 0.25) is 0 Å². The Labute approximate surface area is 80.2 Å². The second-order valence-corrected chi connectivity index (χ2v) is 1.54. The van der Waals surface area contributed by atoms with Gasteiger partial charge in [-0.3, -0.25) is 0 Å². The van der Waals surface area contributed by atoms with Crippen molar-refractivity contribution < 1.29 is 22.1 Å². The van der Waals surface area contributed by atoms with Gasteiger partial charge in [-0.15, -0.1) is 0 Å². The topological polar surface area (TPSA) is 77.8 Å². The number of hydrogen-bond acceptors (Lipinski definition) is 1. The van der Waals surface area contributed by atoms with Crippen molar-refractivity contribution in [1.82, 2.24) is 0 Å². The minimum absolute atomic E-state index is 0. The molecular weight excluding hydrogens is 134 g/mol. The zero-order valence-corrected chi connectivity index (χ0v) is 3.09. The molecule has 0 aromatic rings. The van der Waals surface area contributed by atoms with Crippen LogP contribution in [0.25, 0.3) is 0 Å². The van der Waals surface area contributed by atoms with Gasteiger partial charge in [0.2, 0.25) is 0 Å². The fraction of sp³-hybridized carbons (Fsp3) is 0. The minimum atomic E-state index is -4.64. The van der Waals surface area contributed by atoms with E-state index in [0.717, 1.165) is 0 Å². The first-order chi connectivity index (χ1) is 2.00. The van der Waals surface area contributed by atoms with Crippen LogP contribution in [0.1, 0.15) is 2.85 Å². The summed E-state index contributed by atoms with van der Waals surface area (Å²) >= 11 is 0. The van der Waals surface area contributed by atoms with Gasteiger partial charge in [-0.1, -0.05) is 0 Å². The van der Waals surface area contributed by atoms with Crippen LogP contribution in [0.15, 0.2) is 0 Å². The van der Waals surface area contributed by atoms with Gasteiger partial charge in [-0.2, -0.15) is 0 Å². The summed E-state index contributed by atoms with van der Waals surface area (Å²) in [5.74, 6) is 0. The second-order valence-electron chi connectivity index (χ2n) is 0.513. The molecule has 0 spiro atoms. The summed E-state index contributed by atoms with van der Waals surface area (Å²) in [6, 6.07) is 0. The molecule has 6 heteroatoms. The average molecular weight is 142 g/mol. The van der Waals surface area contributed by atoms with Gasteiger partial charge < -0.3 is 14.7 Å². The van der Waals surface area contributed by atoms with E-state index in [0.29, 0.717) is 0 Å². The van der Waals surface area contributed by atoms with Crippen molar-refractivity contribution in [3.63, 3.8) is 0 Å². The molecule has 4 nitrogen and oxygen atoms in total. The van der Waals surface area contributed by atoms with Crippen molar-refractivity contribution in [3.8, 4) is 0 Å². The third kappa shape index (κ3) is 42.4. The molecule has 38 valence electrons. The molecule has 0 unspecified atom stereocenters. The second kappa shape index (κ2) is 3.71. The van der Waals surface area contributed by atoms with Gasteiger partial charge in [0.05, 0.1) is 0 Å². The fourth-order valence-electron chi connectivity index (χ4n) is 0. The van der Waals surface area contributed by atoms with Crippen molar-refractivity contribution >= 4 is 59.2 Å². The van der Waals surface area contributed by atoms with E-state index in [-0.39, 0.29) is 54.2 Å². The molecule has 0 aliphatic heterocycles. The molecule has 0 aromatic heterocycles. The summed E-state index contributed by atoms with van der Waals surface area (Å²) in [6.07, 6.45) is 0. The van der Waals surface area contributed by atoms with E-state index in [4.69, 9.17) is 19.2 Å². The van der Waals surface area contributed by atoms with E-state index >= 15 is 0 Å². The van der Waals surface area contributed by atoms with Gasteiger partial charge in [0, 0.05) is 2.85 Å². The van der Waals surface area contributed by atoms with E-state index < -0.39 is 7.82 Å². The van der Waals surface area contributed by atoms with Gasteiger partial charge >= 0.3 is 59.2 Å². The Morgan fingerprint density at radius 2 is 1.33 bits per heavy atom. The number of phosphoric acid groups is 1. The fourth-order valence-corrected chi connectivity index (χ4v) is 0. The van der Waals surface area contributed by atoms with Gasteiger partial charge in [-0.25, -0.2) is 4.57 Å². The molecule has 0 fully saturated rings. The van der Waals surface area contributed by atoms with Crippen molar-refractivity contribution in [3.05, 3.63) is 0 Å². The molecule has 0 bridgehead atoms. The molecule has 0 aliphatic rings. The third-order valence-electron chi connectivity index (χ3n) is 0. The number of hydrogen-bond donors (Lipinski definition) is 3. The summed E-state index contributed by atoms with van der Waals surface area (Å²) in [4.78, 5) is 21.6. The summed E-state index contributed by atoms with van der Waals surface area (Å²) in [7, 11) is -4.64. The molecule has 0 amide bonds. The van der Waals surface area contributed by atoms with Crippen LogP contribution in [0.5, 0.6) is 0 Å². The first kappa shape index (κ1) is 10.7. The van der Waals surface area contributed by atoms with Crippen LogP contribution < -0.4 is 0 Å². The molecule has 0 saturated heterocycles. The van der Waals surface area contributed by atoms with E-state index in [9.17, 15) is 0 Å². The molecule has 0 atom stereocenters. The van der Waals surface area contributed by atoms with Crippen molar-refractivity contribution in [1.29, 1.82) is 0 Å². The van der Waals surface area contributed by atoms with Gasteiger partial charge in [0.1, 0.15) is 0 Å². The molecular formula is H8KO4P. The zero-order valence-electron chi connectivity index (χ0n) is 2.20. The summed E-state index contributed by atoms with van der Waals surface area (Å²) in [5.41, 5.74) is 0.